The van der Waals surface area contributed by atoms with Crippen LogP contribution in [0, 0.1) is 0 Å². The zero-order chi connectivity index (χ0) is 101. The van der Waals surface area contributed by atoms with Crippen LogP contribution in [0.3, 0.4) is 0 Å². The second-order valence-corrected chi connectivity index (χ2v) is 35.3. The summed E-state index contributed by atoms with van der Waals surface area (Å²) in [6.45, 7) is -6.81. The number of hydrogen-bond acceptors (Lipinski definition) is 57. The second-order valence-electron chi connectivity index (χ2n) is 34.3. The van der Waals surface area contributed by atoms with Gasteiger partial charge in [-0.15, -0.1) is 0 Å². The molecule has 11 aliphatic heterocycles. The molecule has 0 aromatic carbocycles. The molecule has 11 aliphatic rings. The van der Waals surface area contributed by atoms with E-state index in [-0.39, 0.29) is 0 Å². The molecule has 0 aromatic rings. The van der Waals surface area contributed by atoms with Gasteiger partial charge in [0.15, 0.2) is 69.2 Å². The van der Waals surface area contributed by atoms with Gasteiger partial charge in [-0.3, -0.25) is 23.7 Å². The third kappa shape index (κ3) is 25.5. The van der Waals surface area contributed by atoms with Crippen molar-refractivity contribution in [1.82, 2.24) is 21.3 Å². The Kier molecular flexibility index (Phi) is 40.3. The molecule has 55 atom stereocenters. The van der Waals surface area contributed by atoms with E-state index in [1.807, 2.05) is 0 Å². The summed E-state index contributed by atoms with van der Waals surface area (Å²) in [5.74, 6) is -4.07. The molecule has 62 nitrogen and oxygen atoms in total. The predicted molar refractivity (Wildman–Crippen MR) is 418 cm³/mol. The first-order chi connectivity index (χ1) is 64.6. The van der Waals surface area contributed by atoms with Crippen LogP contribution in [0.25, 0.3) is 0 Å². The Morgan fingerprint density at radius 2 is 0.489 bits per heavy atom. The lowest BCUT2D eigenvalue weighted by atomic mass is 9.93. The molecule has 11 rings (SSSR count). The van der Waals surface area contributed by atoms with Gasteiger partial charge in [0.05, 0.1) is 72.2 Å². The highest BCUT2D eigenvalue weighted by atomic mass is 32.3. The van der Waals surface area contributed by atoms with Crippen molar-refractivity contribution in [2.75, 3.05) is 66.1 Å². The Bertz CT molecular complexity index is 3910. The smallest absolute Gasteiger partial charge is 0.394 e. The molecule has 0 aliphatic carbocycles. The summed E-state index contributed by atoms with van der Waals surface area (Å²) < 4.78 is 162. The van der Waals surface area contributed by atoms with Crippen molar-refractivity contribution in [3.8, 4) is 0 Å². The van der Waals surface area contributed by atoms with Crippen molar-refractivity contribution in [3.63, 3.8) is 0 Å². The predicted octanol–water partition coefficient (Wildman–Crippen LogP) is -23.5. The van der Waals surface area contributed by atoms with E-state index in [9.17, 15) is 180 Å². The molecule has 0 bridgehead atoms. The van der Waals surface area contributed by atoms with Crippen molar-refractivity contribution < 1.29 is 284 Å². The average molecular weight is 2030 g/mol. The van der Waals surface area contributed by atoms with Gasteiger partial charge in [-0.2, -0.15) is 8.42 Å². The maximum atomic E-state index is 13.5. The minimum Gasteiger partial charge on any atom is -0.394 e. The number of aliphatic hydroxyl groups excluding tert-OH is 29. The van der Waals surface area contributed by atoms with Crippen molar-refractivity contribution in [1.29, 1.82) is 0 Å². The van der Waals surface area contributed by atoms with Crippen LogP contribution in [0.15, 0.2) is 0 Å². The van der Waals surface area contributed by atoms with Crippen LogP contribution in [-0.4, -0.2) is 588 Å². The van der Waals surface area contributed by atoms with Crippen molar-refractivity contribution in [2.45, 2.75) is 372 Å². The molecule has 0 spiro atoms. The molecular formula is C74H124N4O58S. The zero-order valence-corrected chi connectivity index (χ0v) is 73.9. The van der Waals surface area contributed by atoms with Crippen LogP contribution in [-0.2, 0) is 133 Å². The Morgan fingerprint density at radius 3 is 0.847 bits per heavy atom. The normalized spacial score (nSPS) is 49.1. The molecule has 63 heteroatoms. The van der Waals surface area contributed by atoms with Crippen LogP contribution in [0.5, 0.6) is 0 Å². The minimum atomic E-state index is -5.49. The molecule has 0 radical (unpaired) electrons. The lowest BCUT2D eigenvalue weighted by Crippen LogP contribution is -2.71. The van der Waals surface area contributed by atoms with Crippen LogP contribution in [0.2, 0.25) is 0 Å². The second kappa shape index (κ2) is 48.8. The fraction of sp³-hybridized carbons (Fsp3) is 0.946. The Balaban J connectivity index is 0.894. The van der Waals surface area contributed by atoms with E-state index < -0.39 is 438 Å². The van der Waals surface area contributed by atoms with Crippen LogP contribution < -0.4 is 21.3 Å². The molecule has 34 N–H and O–H groups in total. The number of hydrogen-bond donors (Lipinski definition) is 34. The SMILES string of the molecule is CC(=O)N[C@H]1[C@H](O[C@H]2[C@@H](O)[C@@H](CO[C@@H]3O[C@H](CO)[C@@H](O[C@@H]4O[C@H](CO)[C@H](O)[C@H](O)[C@H]4O[C@@H]4O[C@@H](C)[C@@H](O)[C@@H](O)[C@@H]4O)[C@H](O)[C@H]3NC(C)=O)O[C@@H](O[C@H]3[C@H](O)[C@@H](NC(C)=O)[C@H](O[C@H]4[C@@H](O)[C@@H](CO[C@@H]5O[C@H](CO)[C@@H](O[C@@H]6O[C@H](CO)[C@H](O)[C@H](OS(=O)(=O)O)[C@H]6O)[C@H](O)[C@H]5NC(C)=O)O[C@@H](O[C@H]5[C@H](O)[C@@H](O)C(O)O[C@@H]5CO)[C@@H]4O)O[C@@H]3CO)[C@@H]2O)O[C@H](CO)[C@@H](O[C@@H]2O[C@H](CO)[C@H](O)[C@H](O)[C@H]2O)[C@@H]1O. The van der Waals surface area contributed by atoms with Crippen molar-refractivity contribution in [2.24, 2.45) is 0 Å². The molecule has 11 heterocycles. The van der Waals surface area contributed by atoms with Gasteiger partial charge in [0.25, 0.3) is 0 Å². The number of rotatable bonds is 36. The van der Waals surface area contributed by atoms with Gasteiger partial charge < -0.3 is 269 Å². The summed E-state index contributed by atoms with van der Waals surface area (Å²) in [6.07, 6.45) is -109. The first kappa shape index (κ1) is 113. The van der Waals surface area contributed by atoms with Gasteiger partial charge in [0.2, 0.25) is 23.6 Å². The fourth-order valence-electron chi connectivity index (χ4n) is 17.5. The van der Waals surface area contributed by atoms with Crippen molar-refractivity contribution in [3.05, 3.63) is 0 Å². The van der Waals surface area contributed by atoms with Gasteiger partial charge in [0.1, 0.15) is 262 Å². The molecule has 0 saturated carbocycles. The van der Waals surface area contributed by atoms with E-state index in [0.717, 1.165) is 27.7 Å². The maximum Gasteiger partial charge on any atom is 0.397 e. The topological polar surface area (TPSA) is 961 Å². The van der Waals surface area contributed by atoms with E-state index >= 15 is 0 Å². The van der Waals surface area contributed by atoms with E-state index in [2.05, 4.69) is 25.5 Å². The molecule has 4 amide bonds. The van der Waals surface area contributed by atoms with Crippen LogP contribution in [0.1, 0.15) is 34.6 Å². The van der Waals surface area contributed by atoms with Gasteiger partial charge in [0, 0.05) is 27.7 Å². The lowest BCUT2D eigenvalue weighted by Gasteiger charge is -2.51. The first-order valence-corrected chi connectivity index (χ1v) is 44.5. The first-order valence-electron chi connectivity index (χ1n) is 43.2. The Hall–Kier alpha value is -4.25. The van der Waals surface area contributed by atoms with E-state index in [1.165, 1.54) is 6.92 Å². The summed E-state index contributed by atoms with van der Waals surface area (Å²) in [5, 5.41) is 334. The van der Waals surface area contributed by atoms with Gasteiger partial charge in [-0.25, -0.2) is 4.18 Å². The van der Waals surface area contributed by atoms with Crippen LogP contribution in [0.4, 0.5) is 0 Å². The number of carbonyl (C=O) groups is 4. The van der Waals surface area contributed by atoms with Gasteiger partial charge in [-0.1, -0.05) is 0 Å². The Labute approximate surface area is 775 Å². The highest BCUT2D eigenvalue weighted by molar-refractivity contribution is 7.80. The minimum absolute atomic E-state index is 0.848. The maximum absolute atomic E-state index is 13.5. The van der Waals surface area contributed by atoms with E-state index in [1.54, 1.807) is 0 Å². The standard InChI is InChI=1S/C74H124N4O58S/c1-16-35(91)45(101)50(106)69(117-16)135-63-47(103)37(93)22(7-80)121-74(63)132-58-26(11-84)123-66(32(42(58)98)76-18(3)88)116-14-29-39(95)60(133-67-33(77-19(4)89)43(99)56(27(12-85)124-67)128-70-51(107)46(102)36(92)21(6-79)119-70)52(108)71(126-29)129-57-28(13-86)125-68(34(44(57)100)78-20(5)90)134-61-40(96)30(127-72(53(61)109)131-59-24(9-82)118-64(111)49(105)48(59)104)15-115-65-31(75-17(2)87)41(97)55(25(10-83)122-65)130-73-54(110)62(136-137(112,113)114)38(94)23(8-81)120-73/h16,21-74,79-86,91-111H,6-15H2,1-5H3,(H,75,87)(H,76,88)(H,77,89)(H,78,90)(H,112,113,114)/t16-,21+,22+,23+,24+,25+,26+,27+,28+,29+,30+,31+,32+,33+,34+,35+,36-,37-,38-,39-,40-,41+,42+,43+,44+,45+,46-,47-,48+,49+,50-,51+,52+,53+,54+,55+,56+,57+,58+,59+,60-,61-,62-,63+,64?,65+,66+,67-,68-,69-,70-,71-,72-,73-,74-/m0/s1. The number of carbonyl (C=O) groups excluding carboxylic acids is 4. The molecule has 11 saturated heterocycles. The molecule has 1 unspecified atom stereocenters. The summed E-state index contributed by atoms with van der Waals surface area (Å²) in [6, 6.07) is -8.12. The molecule has 137 heavy (non-hydrogen) atoms. The third-order valence-electron chi connectivity index (χ3n) is 24.7. The molecule has 0 aromatic heterocycles. The highest BCUT2D eigenvalue weighted by Gasteiger charge is 2.63. The zero-order valence-electron chi connectivity index (χ0n) is 73.1. The van der Waals surface area contributed by atoms with Gasteiger partial charge >= 0.3 is 10.4 Å². The average Bonchev–Trinajstić information content (AvgIpc) is 0.720. The number of aliphatic hydroxyl groups is 29. The number of nitrogens with one attached hydrogen (secondary N) is 4. The quantitative estimate of drug-likeness (QED) is 0.0259. The molecule has 794 valence electrons. The fourth-order valence-corrected chi connectivity index (χ4v) is 18.0. The van der Waals surface area contributed by atoms with Gasteiger partial charge in [-0.05, 0) is 6.92 Å². The summed E-state index contributed by atoms with van der Waals surface area (Å²) in [5.41, 5.74) is 0. The van der Waals surface area contributed by atoms with Crippen LogP contribution >= 0.6 is 0 Å². The summed E-state index contributed by atoms with van der Waals surface area (Å²) in [4.78, 5) is 52.7. The number of amides is 4. The number of ether oxygens (including phenoxy) is 21. The summed E-state index contributed by atoms with van der Waals surface area (Å²) >= 11 is 0. The Morgan fingerprint density at radius 1 is 0.241 bits per heavy atom. The van der Waals surface area contributed by atoms with E-state index in [0.29, 0.717) is 0 Å². The monoisotopic (exact) mass is 2030 g/mol. The third-order valence-corrected chi connectivity index (χ3v) is 25.2. The highest BCUT2D eigenvalue weighted by Crippen LogP contribution is 2.42. The molecular weight excluding hydrogens is 1900 g/mol. The summed E-state index contributed by atoms with van der Waals surface area (Å²) in [7, 11) is -5.49. The lowest BCUT2D eigenvalue weighted by molar-refractivity contribution is -0.391. The van der Waals surface area contributed by atoms with Crippen molar-refractivity contribution >= 4 is 34.0 Å². The largest absolute Gasteiger partial charge is 0.397 e. The van der Waals surface area contributed by atoms with E-state index in [4.69, 9.17) is 99.5 Å². The molecule has 11 fully saturated rings.